The van der Waals surface area contributed by atoms with Gasteiger partial charge < -0.3 is 10.2 Å². The molecule has 0 saturated heterocycles. The molecular weight excluding hydrogens is 260 g/mol. The van der Waals surface area contributed by atoms with Gasteiger partial charge in [0.25, 0.3) is 0 Å². The van der Waals surface area contributed by atoms with E-state index in [2.05, 4.69) is 79.5 Å². The highest BCUT2D eigenvalue weighted by Crippen LogP contribution is 2.23. The zero-order valence-electron chi connectivity index (χ0n) is 13.7. The van der Waals surface area contributed by atoms with Crippen LogP contribution in [-0.2, 0) is 18.5 Å². The third-order valence-electron chi connectivity index (χ3n) is 3.57. The van der Waals surface area contributed by atoms with Gasteiger partial charge in [-0.05, 0) is 17.7 Å². The van der Waals surface area contributed by atoms with Gasteiger partial charge in [-0.3, -0.25) is 5.10 Å². The Morgan fingerprint density at radius 3 is 2.33 bits per heavy atom. The smallest absolute Gasteiger partial charge is 0.0535 e. The molecule has 0 bridgehead atoms. The highest BCUT2D eigenvalue weighted by atomic mass is 15.1. The van der Waals surface area contributed by atoms with Gasteiger partial charge in [-0.15, -0.1) is 0 Å². The summed E-state index contributed by atoms with van der Waals surface area (Å²) in [6, 6.07) is 8.63. The van der Waals surface area contributed by atoms with Crippen molar-refractivity contribution in [3.8, 4) is 0 Å². The van der Waals surface area contributed by atoms with E-state index in [1.807, 2.05) is 6.20 Å². The van der Waals surface area contributed by atoms with E-state index in [9.17, 15) is 0 Å². The number of aromatic nitrogens is 2. The van der Waals surface area contributed by atoms with E-state index >= 15 is 0 Å². The summed E-state index contributed by atoms with van der Waals surface area (Å²) in [4.78, 5) is 2.11. The number of benzene rings is 1. The molecule has 0 aliphatic heterocycles. The number of hydrogen-bond acceptors (Lipinski definition) is 3. The summed E-state index contributed by atoms with van der Waals surface area (Å²) in [5, 5.41) is 10.8. The maximum atomic E-state index is 4.17. The monoisotopic (exact) mass is 286 g/mol. The zero-order chi connectivity index (χ0) is 15.5. The van der Waals surface area contributed by atoms with Gasteiger partial charge in [-0.2, -0.15) is 5.10 Å². The summed E-state index contributed by atoms with van der Waals surface area (Å²) in [5.41, 5.74) is 5.07. The molecular formula is C17H26N4. The number of H-pyrrole nitrogens is 1. The van der Waals surface area contributed by atoms with Gasteiger partial charge in [-0.1, -0.05) is 32.9 Å². The third-order valence-corrected chi connectivity index (χ3v) is 3.57. The summed E-state index contributed by atoms with van der Waals surface area (Å²) < 4.78 is 0. The Labute approximate surface area is 127 Å². The zero-order valence-corrected chi connectivity index (χ0v) is 13.7. The van der Waals surface area contributed by atoms with E-state index in [-0.39, 0.29) is 5.41 Å². The largest absolute Gasteiger partial charge is 0.378 e. The van der Waals surface area contributed by atoms with E-state index in [1.54, 1.807) is 0 Å². The number of hydrogen-bond donors (Lipinski definition) is 2. The van der Waals surface area contributed by atoms with Gasteiger partial charge in [0.05, 0.1) is 6.20 Å². The van der Waals surface area contributed by atoms with E-state index in [0.717, 1.165) is 13.1 Å². The molecule has 0 saturated carbocycles. The minimum atomic E-state index is 0.0981. The molecule has 0 spiro atoms. The maximum absolute atomic E-state index is 4.17. The van der Waals surface area contributed by atoms with Crippen LogP contribution in [0.3, 0.4) is 0 Å². The van der Waals surface area contributed by atoms with Crippen molar-refractivity contribution in [2.45, 2.75) is 39.3 Å². The van der Waals surface area contributed by atoms with Crippen LogP contribution in [0.5, 0.6) is 0 Å². The van der Waals surface area contributed by atoms with Crippen LogP contribution < -0.4 is 10.2 Å². The van der Waals surface area contributed by atoms with Crippen molar-refractivity contribution in [2.24, 2.45) is 0 Å². The van der Waals surface area contributed by atoms with Crippen LogP contribution in [0.15, 0.2) is 30.5 Å². The van der Waals surface area contributed by atoms with Gasteiger partial charge in [0.15, 0.2) is 0 Å². The van der Waals surface area contributed by atoms with Crippen molar-refractivity contribution < 1.29 is 0 Å². The molecule has 21 heavy (non-hydrogen) atoms. The first-order valence-corrected chi connectivity index (χ1v) is 7.37. The standard InChI is InChI=1S/C17H26N4/c1-17(2,3)16-14(12-19-20-16)11-18-10-13-6-8-15(9-7-13)21(4)5/h6-9,12,18H,10-11H2,1-5H3,(H,19,20). The van der Waals surface area contributed by atoms with Crippen LogP contribution in [0.4, 0.5) is 5.69 Å². The van der Waals surface area contributed by atoms with Gasteiger partial charge in [0.2, 0.25) is 0 Å². The predicted octanol–water partition coefficient (Wildman–Crippen LogP) is 3.06. The molecule has 2 N–H and O–H groups in total. The molecule has 4 nitrogen and oxygen atoms in total. The average Bonchev–Trinajstić information content (AvgIpc) is 2.88. The predicted molar refractivity (Wildman–Crippen MR) is 88.6 cm³/mol. The Bertz CT molecular complexity index is 561. The lowest BCUT2D eigenvalue weighted by molar-refractivity contribution is 0.553. The number of anilines is 1. The first kappa shape index (κ1) is 15.6. The second-order valence-corrected chi connectivity index (χ2v) is 6.68. The fourth-order valence-corrected chi connectivity index (χ4v) is 2.35. The molecule has 1 aromatic carbocycles. The Hall–Kier alpha value is -1.81. The van der Waals surface area contributed by atoms with E-state index in [4.69, 9.17) is 0 Å². The minimum Gasteiger partial charge on any atom is -0.378 e. The third kappa shape index (κ3) is 4.08. The molecule has 0 amide bonds. The molecule has 4 heteroatoms. The van der Waals surface area contributed by atoms with Crippen molar-refractivity contribution in [3.63, 3.8) is 0 Å². The molecule has 1 aromatic heterocycles. The molecule has 114 valence electrons. The second-order valence-electron chi connectivity index (χ2n) is 6.68. The van der Waals surface area contributed by atoms with E-state index in [1.165, 1.54) is 22.5 Å². The lowest BCUT2D eigenvalue weighted by Crippen LogP contribution is -2.19. The van der Waals surface area contributed by atoms with Crippen molar-refractivity contribution >= 4 is 5.69 Å². The van der Waals surface area contributed by atoms with Crippen molar-refractivity contribution in [1.82, 2.24) is 15.5 Å². The molecule has 0 aliphatic carbocycles. The molecule has 2 rings (SSSR count). The molecule has 1 heterocycles. The average molecular weight is 286 g/mol. The Kier molecular flexibility index (Phi) is 4.68. The van der Waals surface area contributed by atoms with Crippen molar-refractivity contribution in [3.05, 3.63) is 47.3 Å². The fourth-order valence-electron chi connectivity index (χ4n) is 2.35. The molecule has 0 atom stereocenters. The summed E-state index contributed by atoms with van der Waals surface area (Å²) in [6.45, 7) is 8.29. The van der Waals surface area contributed by atoms with Crippen LogP contribution in [0.2, 0.25) is 0 Å². The normalized spacial score (nSPS) is 11.7. The number of aromatic amines is 1. The summed E-state index contributed by atoms with van der Waals surface area (Å²) in [5.74, 6) is 0. The van der Waals surface area contributed by atoms with E-state index < -0.39 is 0 Å². The van der Waals surface area contributed by atoms with Crippen molar-refractivity contribution in [1.29, 1.82) is 0 Å². The van der Waals surface area contributed by atoms with Crippen LogP contribution in [-0.4, -0.2) is 24.3 Å². The van der Waals surface area contributed by atoms with Gasteiger partial charge in [0.1, 0.15) is 0 Å². The van der Waals surface area contributed by atoms with Crippen LogP contribution >= 0.6 is 0 Å². The van der Waals surface area contributed by atoms with Gasteiger partial charge >= 0.3 is 0 Å². The first-order valence-electron chi connectivity index (χ1n) is 7.37. The topological polar surface area (TPSA) is 44.0 Å². The van der Waals surface area contributed by atoms with Crippen molar-refractivity contribution in [2.75, 3.05) is 19.0 Å². The lowest BCUT2D eigenvalue weighted by atomic mass is 9.89. The van der Waals surface area contributed by atoms with Gasteiger partial charge in [-0.25, -0.2) is 0 Å². The maximum Gasteiger partial charge on any atom is 0.0535 e. The molecule has 0 aliphatic rings. The number of rotatable bonds is 5. The van der Waals surface area contributed by atoms with Crippen LogP contribution in [0, 0.1) is 0 Å². The molecule has 2 aromatic rings. The Balaban J connectivity index is 1.91. The number of nitrogens with zero attached hydrogens (tertiary/aromatic N) is 2. The summed E-state index contributed by atoms with van der Waals surface area (Å²) in [6.07, 6.45) is 1.92. The Morgan fingerprint density at radius 2 is 1.76 bits per heavy atom. The quantitative estimate of drug-likeness (QED) is 0.888. The minimum absolute atomic E-state index is 0.0981. The highest BCUT2D eigenvalue weighted by Gasteiger charge is 2.19. The van der Waals surface area contributed by atoms with Gasteiger partial charge in [0, 0.05) is 49.5 Å². The highest BCUT2D eigenvalue weighted by molar-refractivity contribution is 5.45. The SMILES string of the molecule is CN(C)c1ccc(CNCc2cn[nH]c2C(C)(C)C)cc1. The summed E-state index contributed by atoms with van der Waals surface area (Å²) >= 11 is 0. The molecule has 0 radical (unpaired) electrons. The lowest BCUT2D eigenvalue weighted by Gasteiger charge is -2.18. The Morgan fingerprint density at radius 1 is 1.10 bits per heavy atom. The first-order chi connectivity index (χ1) is 9.88. The van der Waals surface area contributed by atoms with Crippen LogP contribution in [0.1, 0.15) is 37.6 Å². The molecule has 0 fully saturated rings. The summed E-state index contributed by atoms with van der Waals surface area (Å²) in [7, 11) is 4.11. The molecule has 0 unspecified atom stereocenters. The van der Waals surface area contributed by atoms with Crippen LogP contribution in [0.25, 0.3) is 0 Å². The van der Waals surface area contributed by atoms with E-state index in [0.29, 0.717) is 0 Å². The fraction of sp³-hybridized carbons (Fsp3) is 0.471. The second kappa shape index (κ2) is 6.31. The number of nitrogens with one attached hydrogen (secondary N) is 2.